The van der Waals surface area contributed by atoms with E-state index in [4.69, 9.17) is 5.11 Å². The molecule has 0 aliphatic rings. The number of carbonyl (C=O) groups is 1. The van der Waals surface area contributed by atoms with Crippen LogP contribution in [0.4, 0.5) is 0 Å². The van der Waals surface area contributed by atoms with Gasteiger partial charge in [0.05, 0.1) is 0 Å². The van der Waals surface area contributed by atoms with E-state index in [0.29, 0.717) is 6.29 Å². The van der Waals surface area contributed by atoms with Crippen LogP contribution in [0.5, 0.6) is 0 Å². The number of nitrogens with zero attached hydrogens (tertiary/aromatic N) is 1. The van der Waals surface area contributed by atoms with Gasteiger partial charge in [-0.3, -0.25) is 9.69 Å². The fourth-order valence-corrected chi connectivity index (χ4v) is 0.589. The Morgan fingerprint density at radius 2 is 2.33 bits per heavy atom. The van der Waals surface area contributed by atoms with Crippen molar-refractivity contribution in [3.8, 4) is 0 Å². The standard InChI is InChI=1S/C6H13NO2/c1-3-4-7(2)6(9)5-8/h5-6,9H,3-4H2,1-2H3. The van der Waals surface area contributed by atoms with Gasteiger partial charge in [-0.2, -0.15) is 0 Å². The SMILES string of the molecule is CCCN(C)C(O)C=O. The minimum Gasteiger partial charge on any atom is -0.371 e. The summed E-state index contributed by atoms with van der Waals surface area (Å²) in [6.07, 6.45) is 0.543. The Hall–Kier alpha value is -0.410. The summed E-state index contributed by atoms with van der Waals surface area (Å²) in [4.78, 5) is 11.5. The van der Waals surface area contributed by atoms with Gasteiger partial charge in [0.1, 0.15) is 0 Å². The second-order valence-electron chi connectivity index (χ2n) is 2.03. The number of aliphatic hydroxyl groups excluding tert-OH is 1. The summed E-state index contributed by atoms with van der Waals surface area (Å²) in [6.45, 7) is 2.74. The first-order valence-electron chi connectivity index (χ1n) is 3.06. The monoisotopic (exact) mass is 131 g/mol. The number of carbonyl (C=O) groups excluding carboxylic acids is 1. The largest absolute Gasteiger partial charge is 0.371 e. The maximum atomic E-state index is 9.93. The van der Waals surface area contributed by atoms with Gasteiger partial charge in [-0.05, 0) is 13.5 Å². The third kappa shape index (κ3) is 3.21. The van der Waals surface area contributed by atoms with E-state index in [9.17, 15) is 4.79 Å². The molecule has 0 rings (SSSR count). The number of likely N-dealkylation sites (N-methyl/N-ethyl adjacent to an activating group) is 1. The van der Waals surface area contributed by atoms with Crippen LogP contribution in [-0.4, -0.2) is 36.1 Å². The molecule has 0 fully saturated rings. The van der Waals surface area contributed by atoms with E-state index in [-0.39, 0.29) is 0 Å². The second-order valence-corrected chi connectivity index (χ2v) is 2.03. The predicted molar refractivity (Wildman–Crippen MR) is 35.0 cm³/mol. The van der Waals surface area contributed by atoms with Gasteiger partial charge in [0.15, 0.2) is 12.5 Å². The molecule has 0 heterocycles. The Kier molecular flexibility index (Phi) is 4.26. The molecule has 1 unspecified atom stereocenters. The summed E-state index contributed by atoms with van der Waals surface area (Å²) < 4.78 is 0. The maximum Gasteiger partial charge on any atom is 0.163 e. The zero-order valence-corrected chi connectivity index (χ0v) is 5.87. The lowest BCUT2D eigenvalue weighted by Crippen LogP contribution is -2.33. The lowest BCUT2D eigenvalue weighted by Gasteiger charge is -2.16. The average molecular weight is 131 g/mol. The van der Waals surface area contributed by atoms with Gasteiger partial charge in [-0.1, -0.05) is 6.92 Å². The molecule has 0 saturated heterocycles. The van der Waals surface area contributed by atoms with Crippen molar-refractivity contribution in [2.75, 3.05) is 13.6 Å². The van der Waals surface area contributed by atoms with E-state index < -0.39 is 6.23 Å². The van der Waals surface area contributed by atoms with Crippen LogP contribution < -0.4 is 0 Å². The van der Waals surface area contributed by atoms with Crippen molar-refractivity contribution >= 4 is 6.29 Å². The van der Waals surface area contributed by atoms with Gasteiger partial charge >= 0.3 is 0 Å². The van der Waals surface area contributed by atoms with Crippen molar-refractivity contribution < 1.29 is 9.90 Å². The van der Waals surface area contributed by atoms with Crippen LogP contribution in [0.15, 0.2) is 0 Å². The van der Waals surface area contributed by atoms with Crippen LogP contribution in [-0.2, 0) is 4.79 Å². The smallest absolute Gasteiger partial charge is 0.163 e. The normalized spacial score (nSPS) is 13.8. The van der Waals surface area contributed by atoms with Gasteiger partial charge in [0.2, 0.25) is 0 Å². The lowest BCUT2D eigenvalue weighted by molar-refractivity contribution is -0.122. The number of hydrogen-bond acceptors (Lipinski definition) is 3. The molecule has 9 heavy (non-hydrogen) atoms. The van der Waals surface area contributed by atoms with Crippen molar-refractivity contribution in [3.63, 3.8) is 0 Å². The average Bonchev–Trinajstić information content (AvgIpc) is 1.87. The molecule has 3 nitrogen and oxygen atoms in total. The minimum absolute atomic E-state index is 0.523. The van der Waals surface area contributed by atoms with Crippen LogP contribution in [0.2, 0.25) is 0 Å². The Morgan fingerprint density at radius 1 is 1.78 bits per heavy atom. The number of rotatable bonds is 4. The lowest BCUT2D eigenvalue weighted by atomic mass is 10.4. The third-order valence-electron chi connectivity index (χ3n) is 1.15. The molecule has 54 valence electrons. The summed E-state index contributed by atoms with van der Waals surface area (Å²) in [7, 11) is 1.71. The fraction of sp³-hybridized carbons (Fsp3) is 0.833. The van der Waals surface area contributed by atoms with Crippen molar-refractivity contribution in [2.45, 2.75) is 19.6 Å². The Balaban J connectivity index is 3.44. The summed E-state index contributed by atoms with van der Waals surface area (Å²) in [5, 5.41) is 8.82. The van der Waals surface area contributed by atoms with Crippen molar-refractivity contribution in [2.24, 2.45) is 0 Å². The van der Waals surface area contributed by atoms with Crippen LogP contribution >= 0.6 is 0 Å². The summed E-state index contributed by atoms with van der Waals surface area (Å²) in [5.74, 6) is 0. The van der Waals surface area contributed by atoms with Crippen molar-refractivity contribution in [3.05, 3.63) is 0 Å². The summed E-state index contributed by atoms with van der Waals surface area (Å²) in [5.41, 5.74) is 0. The van der Waals surface area contributed by atoms with Crippen molar-refractivity contribution in [1.29, 1.82) is 0 Å². The number of aldehydes is 1. The molecule has 0 aromatic rings. The molecule has 1 atom stereocenters. The summed E-state index contributed by atoms with van der Waals surface area (Å²) in [6, 6.07) is 0. The molecular formula is C6H13NO2. The van der Waals surface area contributed by atoms with Crippen molar-refractivity contribution in [1.82, 2.24) is 4.90 Å². The van der Waals surface area contributed by atoms with Gasteiger partial charge in [-0.15, -0.1) is 0 Å². The molecule has 1 N–H and O–H groups in total. The van der Waals surface area contributed by atoms with E-state index in [2.05, 4.69) is 0 Å². The first-order chi connectivity index (χ1) is 4.22. The van der Waals surface area contributed by atoms with Crippen LogP contribution in [0.1, 0.15) is 13.3 Å². The molecule has 0 saturated carbocycles. The highest BCUT2D eigenvalue weighted by Crippen LogP contribution is 1.89. The topological polar surface area (TPSA) is 40.5 Å². The predicted octanol–water partition coefficient (Wildman–Crippen LogP) is -0.155. The zero-order valence-electron chi connectivity index (χ0n) is 5.87. The van der Waals surface area contributed by atoms with E-state index in [0.717, 1.165) is 13.0 Å². The molecule has 0 amide bonds. The van der Waals surface area contributed by atoms with Gasteiger partial charge in [-0.25, -0.2) is 0 Å². The first-order valence-corrected chi connectivity index (χ1v) is 3.06. The van der Waals surface area contributed by atoms with E-state index in [1.165, 1.54) is 0 Å². The number of hydrogen-bond donors (Lipinski definition) is 1. The van der Waals surface area contributed by atoms with E-state index in [1.807, 2.05) is 6.92 Å². The molecule has 0 aliphatic heterocycles. The molecule has 0 aromatic carbocycles. The molecule has 0 spiro atoms. The van der Waals surface area contributed by atoms with E-state index >= 15 is 0 Å². The van der Waals surface area contributed by atoms with E-state index in [1.54, 1.807) is 11.9 Å². The highest BCUT2D eigenvalue weighted by Gasteiger charge is 2.05. The molecule has 3 heteroatoms. The molecule has 0 radical (unpaired) electrons. The first kappa shape index (κ1) is 8.59. The Morgan fingerprint density at radius 3 is 2.67 bits per heavy atom. The van der Waals surface area contributed by atoms with Crippen LogP contribution in [0.3, 0.4) is 0 Å². The highest BCUT2D eigenvalue weighted by atomic mass is 16.3. The van der Waals surface area contributed by atoms with Gasteiger partial charge < -0.3 is 5.11 Å². The fourth-order valence-electron chi connectivity index (χ4n) is 0.589. The Labute approximate surface area is 55.3 Å². The maximum absolute atomic E-state index is 9.93. The third-order valence-corrected chi connectivity index (χ3v) is 1.15. The summed E-state index contributed by atoms with van der Waals surface area (Å²) >= 11 is 0. The molecule has 0 bridgehead atoms. The molecule has 0 aliphatic carbocycles. The quantitative estimate of drug-likeness (QED) is 0.426. The zero-order chi connectivity index (χ0) is 7.28. The van der Waals surface area contributed by atoms with Crippen LogP contribution in [0.25, 0.3) is 0 Å². The molecular weight excluding hydrogens is 118 g/mol. The number of aliphatic hydroxyl groups is 1. The molecule has 0 aromatic heterocycles. The highest BCUT2D eigenvalue weighted by molar-refractivity contribution is 5.54. The van der Waals surface area contributed by atoms with Gasteiger partial charge in [0.25, 0.3) is 0 Å². The Bertz CT molecular complexity index is 85.1. The second kappa shape index (κ2) is 4.47. The van der Waals surface area contributed by atoms with Crippen LogP contribution in [0, 0.1) is 0 Å². The van der Waals surface area contributed by atoms with Gasteiger partial charge in [0, 0.05) is 6.54 Å². The minimum atomic E-state index is -0.926.